The third kappa shape index (κ3) is 66.2. The van der Waals surface area contributed by atoms with Crippen molar-refractivity contribution in [2.75, 3.05) is 13.2 Å². The Morgan fingerprint density at radius 3 is 0.762 bits per heavy atom. The highest BCUT2D eigenvalue weighted by Crippen LogP contribution is 2.19. The Hall–Kier alpha value is -2.63. The van der Waals surface area contributed by atoms with Gasteiger partial charge in [0, 0.05) is 19.3 Å². The number of unbranched alkanes of at least 4 members (excludes halogenated alkanes) is 47. The lowest BCUT2D eigenvalue weighted by Crippen LogP contribution is -2.30. The molecule has 0 saturated carbocycles. The van der Waals surface area contributed by atoms with Gasteiger partial charge >= 0.3 is 17.9 Å². The highest BCUT2D eigenvalue weighted by Gasteiger charge is 2.19. The van der Waals surface area contributed by atoms with E-state index in [9.17, 15) is 14.4 Å². The highest BCUT2D eigenvalue weighted by atomic mass is 16.6. The Kier molecular flexibility index (Phi) is 66.6. The summed E-state index contributed by atoms with van der Waals surface area (Å²) in [6.07, 6.45) is 87.1. The van der Waals surface area contributed by atoms with Crippen LogP contribution < -0.4 is 0 Å². The molecule has 0 rings (SSSR count). The maximum absolute atomic E-state index is 13.0. The zero-order valence-electron chi connectivity index (χ0n) is 53.9. The van der Waals surface area contributed by atoms with Gasteiger partial charge in [0.15, 0.2) is 6.10 Å². The number of allylic oxidation sites excluding steroid dienone is 8. The van der Waals surface area contributed by atoms with Crippen LogP contribution in [0.2, 0.25) is 0 Å². The van der Waals surface area contributed by atoms with Gasteiger partial charge < -0.3 is 14.2 Å². The van der Waals surface area contributed by atoms with Crippen LogP contribution in [0.15, 0.2) is 48.6 Å². The van der Waals surface area contributed by atoms with Gasteiger partial charge in [-0.2, -0.15) is 0 Å². The minimum absolute atomic E-state index is 0.0659. The fraction of sp³-hybridized carbons (Fsp3) is 0.851. The smallest absolute Gasteiger partial charge is 0.306 e. The van der Waals surface area contributed by atoms with Gasteiger partial charge in [0.1, 0.15) is 13.2 Å². The van der Waals surface area contributed by atoms with Crippen molar-refractivity contribution < 1.29 is 28.6 Å². The second-order valence-corrected chi connectivity index (χ2v) is 24.1. The van der Waals surface area contributed by atoms with Crippen LogP contribution in [0.3, 0.4) is 0 Å². The highest BCUT2D eigenvalue weighted by molar-refractivity contribution is 5.71. The van der Waals surface area contributed by atoms with Crippen molar-refractivity contribution in [3.05, 3.63) is 48.6 Å². The molecule has 1 unspecified atom stereocenters. The zero-order valence-corrected chi connectivity index (χ0v) is 53.9. The Morgan fingerprint density at radius 1 is 0.263 bits per heavy atom. The number of hydrogen-bond acceptors (Lipinski definition) is 6. The molecule has 0 saturated heterocycles. The quantitative estimate of drug-likeness (QED) is 0.0261. The van der Waals surface area contributed by atoms with Crippen LogP contribution in [0.1, 0.15) is 387 Å². The van der Waals surface area contributed by atoms with E-state index in [1.165, 1.54) is 263 Å². The molecule has 0 bridgehead atoms. The van der Waals surface area contributed by atoms with Crippen molar-refractivity contribution in [1.29, 1.82) is 0 Å². The number of carbonyl (C=O) groups is 3. The van der Waals surface area contributed by atoms with Crippen molar-refractivity contribution in [1.82, 2.24) is 0 Å². The number of rotatable bonds is 66. The summed E-state index contributed by atoms with van der Waals surface area (Å²) in [7, 11) is 0. The molecular weight excluding hydrogens is 985 g/mol. The van der Waals surface area contributed by atoms with E-state index < -0.39 is 6.10 Å². The normalized spacial score (nSPS) is 12.3. The lowest BCUT2D eigenvalue weighted by molar-refractivity contribution is -0.167. The van der Waals surface area contributed by atoms with E-state index in [-0.39, 0.29) is 31.1 Å². The average Bonchev–Trinajstić information content (AvgIpc) is 3.46. The summed E-state index contributed by atoms with van der Waals surface area (Å²) in [5.74, 6) is -0.835. The predicted octanol–water partition coefficient (Wildman–Crippen LogP) is 24.5. The molecule has 1 atom stereocenters. The second-order valence-electron chi connectivity index (χ2n) is 24.1. The summed E-state index contributed by atoms with van der Waals surface area (Å²) < 4.78 is 17.0. The molecule has 0 N–H and O–H groups in total. The van der Waals surface area contributed by atoms with Gasteiger partial charge in [0.25, 0.3) is 0 Å². The number of hydrogen-bond donors (Lipinski definition) is 0. The first kappa shape index (κ1) is 77.4. The summed E-state index contributed by atoms with van der Waals surface area (Å²) >= 11 is 0. The van der Waals surface area contributed by atoms with E-state index >= 15 is 0 Å². The summed E-state index contributed by atoms with van der Waals surface area (Å²) in [6.45, 7) is 6.61. The predicted molar refractivity (Wildman–Crippen MR) is 349 cm³/mol. The van der Waals surface area contributed by atoms with E-state index in [0.717, 1.165) is 83.5 Å². The fourth-order valence-electron chi connectivity index (χ4n) is 10.8. The number of esters is 3. The summed E-state index contributed by atoms with van der Waals surface area (Å²) in [5, 5.41) is 0. The number of ether oxygens (including phenoxy) is 3. The van der Waals surface area contributed by atoms with Crippen molar-refractivity contribution in [3.8, 4) is 0 Å². The van der Waals surface area contributed by atoms with Crippen molar-refractivity contribution >= 4 is 17.9 Å². The van der Waals surface area contributed by atoms with Crippen molar-refractivity contribution in [3.63, 3.8) is 0 Å². The molecule has 0 aromatic heterocycles. The van der Waals surface area contributed by atoms with E-state index in [0.29, 0.717) is 19.3 Å². The topological polar surface area (TPSA) is 78.9 Å². The first-order chi connectivity index (χ1) is 39.5. The molecule has 80 heavy (non-hydrogen) atoms. The van der Waals surface area contributed by atoms with Crippen molar-refractivity contribution in [2.24, 2.45) is 0 Å². The zero-order chi connectivity index (χ0) is 57.8. The Bertz CT molecular complexity index is 1380. The Balaban J connectivity index is 4.25. The first-order valence-corrected chi connectivity index (χ1v) is 35.6. The monoisotopic (exact) mass is 1120 g/mol. The largest absolute Gasteiger partial charge is 0.462 e. The summed E-state index contributed by atoms with van der Waals surface area (Å²) in [6, 6.07) is 0. The van der Waals surface area contributed by atoms with Crippen LogP contribution in [0.25, 0.3) is 0 Å². The molecule has 6 heteroatoms. The van der Waals surface area contributed by atoms with E-state index in [2.05, 4.69) is 69.4 Å². The summed E-state index contributed by atoms with van der Waals surface area (Å²) in [5.41, 5.74) is 0. The van der Waals surface area contributed by atoms with Crippen molar-refractivity contribution in [2.45, 2.75) is 393 Å². The van der Waals surface area contributed by atoms with Crippen LogP contribution in [0.5, 0.6) is 0 Å². The van der Waals surface area contributed by atoms with E-state index in [1.807, 2.05) is 0 Å². The molecule has 6 nitrogen and oxygen atoms in total. The van der Waals surface area contributed by atoms with Crippen LogP contribution in [-0.4, -0.2) is 37.2 Å². The second kappa shape index (κ2) is 68.9. The standard InChI is InChI=1S/C74H136O6/c1-4-7-10-13-16-19-22-25-28-30-32-34-35-36-37-38-39-40-42-43-46-49-52-55-58-61-64-67-73(76)79-70-71(69-78-72(75)66-63-60-57-54-51-48-45-27-24-21-18-15-12-9-6-3)80-74(77)68-65-62-59-56-53-50-47-44-41-33-31-29-26-23-20-17-14-11-8-5-2/h7,10,16,19,25,28,32,34,71H,4-6,8-9,11-15,17-18,20-24,26-27,29-31,33,35-70H2,1-3H3/b10-7-,19-16-,28-25-,34-32-. The minimum Gasteiger partial charge on any atom is -0.462 e. The molecule has 0 aromatic rings. The third-order valence-electron chi connectivity index (χ3n) is 16.1. The molecule has 0 aliphatic rings. The lowest BCUT2D eigenvalue weighted by Gasteiger charge is -2.18. The van der Waals surface area contributed by atoms with Crippen LogP contribution in [0.4, 0.5) is 0 Å². The van der Waals surface area contributed by atoms with Gasteiger partial charge in [-0.05, 0) is 57.8 Å². The molecule has 0 heterocycles. The maximum atomic E-state index is 13.0. The molecule has 0 fully saturated rings. The average molecular weight is 1120 g/mol. The van der Waals surface area contributed by atoms with E-state index in [1.54, 1.807) is 0 Å². The Morgan fingerprint density at radius 2 is 0.487 bits per heavy atom. The SMILES string of the molecule is CC/C=C\C/C=C\C/C=C\C/C=C\CCCCCCCCCCCCCCCCC(=O)OCC(COC(=O)CCCCCCCCCCCCCCCCC)OC(=O)CCCCCCCCCCCCCCCCCCCCCC. The third-order valence-corrected chi connectivity index (χ3v) is 16.1. The Labute approximate surface area is 498 Å². The molecular formula is C74H136O6. The minimum atomic E-state index is -0.770. The lowest BCUT2D eigenvalue weighted by atomic mass is 10.0. The molecule has 0 aliphatic carbocycles. The van der Waals surface area contributed by atoms with E-state index in [4.69, 9.17) is 14.2 Å². The van der Waals surface area contributed by atoms with Gasteiger partial charge in [0.2, 0.25) is 0 Å². The van der Waals surface area contributed by atoms with Gasteiger partial charge in [-0.3, -0.25) is 14.4 Å². The number of carbonyl (C=O) groups excluding carboxylic acids is 3. The van der Waals surface area contributed by atoms with Gasteiger partial charge in [-0.25, -0.2) is 0 Å². The molecule has 0 aromatic carbocycles. The van der Waals surface area contributed by atoms with Gasteiger partial charge in [-0.1, -0.05) is 358 Å². The molecule has 468 valence electrons. The summed E-state index contributed by atoms with van der Waals surface area (Å²) in [4.78, 5) is 38.5. The molecule has 0 spiro atoms. The fourth-order valence-corrected chi connectivity index (χ4v) is 10.8. The molecule has 0 radical (unpaired) electrons. The van der Waals surface area contributed by atoms with Gasteiger partial charge in [0.05, 0.1) is 0 Å². The van der Waals surface area contributed by atoms with Gasteiger partial charge in [-0.15, -0.1) is 0 Å². The maximum Gasteiger partial charge on any atom is 0.306 e. The van der Waals surface area contributed by atoms with Crippen LogP contribution in [0, 0.1) is 0 Å². The molecule has 0 amide bonds. The van der Waals surface area contributed by atoms with Crippen LogP contribution in [-0.2, 0) is 28.6 Å². The first-order valence-electron chi connectivity index (χ1n) is 35.6. The molecule has 0 aliphatic heterocycles. The van der Waals surface area contributed by atoms with Crippen LogP contribution >= 0.6 is 0 Å².